The molecule has 3 aromatic carbocycles. The van der Waals surface area contributed by atoms with Crippen molar-refractivity contribution >= 4 is 44.6 Å². The first-order chi connectivity index (χ1) is 27.3. The van der Waals surface area contributed by atoms with E-state index in [0.29, 0.717) is 0 Å². The Kier molecular flexibility index (Phi) is 8.79. The number of nitrogens with zero attached hydrogens (tertiary/aromatic N) is 10. The third-order valence-electron chi connectivity index (χ3n) is 9.23. The highest BCUT2D eigenvalue weighted by atomic mass is 19.1. The summed E-state index contributed by atoms with van der Waals surface area (Å²) in [5.74, 6) is -1.21. The van der Waals surface area contributed by atoms with Gasteiger partial charge in [-0.25, -0.2) is 8.78 Å². The molecule has 10 nitrogen and oxygen atoms in total. The maximum atomic E-state index is 14.3. The number of nitriles is 8. The highest BCUT2D eigenvalue weighted by Gasteiger charge is 2.43. The summed E-state index contributed by atoms with van der Waals surface area (Å²) in [6.07, 6.45) is 2.46. The number of hydrogen-bond donors (Lipinski definition) is 0. The van der Waals surface area contributed by atoms with Crippen molar-refractivity contribution in [3.63, 3.8) is 0 Å². The van der Waals surface area contributed by atoms with E-state index in [4.69, 9.17) is 0 Å². The molecule has 2 aliphatic rings. The van der Waals surface area contributed by atoms with Gasteiger partial charge in [-0.3, -0.25) is 9.97 Å². The van der Waals surface area contributed by atoms with Gasteiger partial charge in [-0.1, -0.05) is 24.3 Å². The molecule has 0 aliphatic heterocycles. The Balaban J connectivity index is 1.74. The second-order valence-electron chi connectivity index (χ2n) is 12.0. The van der Waals surface area contributed by atoms with Crippen LogP contribution >= 0.6 is 0 Å². The highest BCUT2D eigenvalue weighted by molar-refractivity contribution is 6.36. The molecule has 254 valence electrons. The van der Waals surface area contributed by atoms with Crippen LogP contribution in [0.15, 0.2) is 85.2 Å². The van der Waals surface area contributed by atoms with Gasteiger partial charge in [0.15, 0.2) is 0 Å². The van der Waals surface area contributed by atoms with Crippen LogP contribution < -0.4 is 0 Å². The molecule has 5 aromatic rings. The van der Waals surface area contributed by atoms with E-state index in [1.54, 1.807) is 0 Å². The van der Waals surface area contributed by atoms with Gasteiger partial charge >= 0.3 is 0 Å². The number of aromatic nitrogens is 2. The molecule has 56 heavy (non-hydrogen) atoms. The van der Waals surface area contributed by atoms with Gasteiger partial charge in [-0.2, -0.15) is 42.1 Å². The zero-order valence-electron chi connectivity index (χ0n) is 28.3. The average molecular weight is 721 g/mol. The summed E-state index contributed by atoms with van der Waals surface area (Å²) in [5, 5.41) is 84.4. The first-order valence-corrected chi connectivity index (χ1v) is 16.2. The fourth-order valence-corrected chi connectivity index (χ4v) is 6.96. The van der Waals surface area contributed by atoms with Gasteiger partial charge in [-0.15, -0.1) is 0 Å². The lowest BCUT2D eigenvalue weighted by Crippen LogP contribution is -2.05. The molecule has 0 spiro atoms. The lowest BCUT2D eigenvalue weighted by molar-refractivity contribution is 0.627. The van der Waals surface area contributed by atoms with Gasteiger partial charge in [0.1, 0.15) is 60.2 Å². The topological polar surface area (TPSA) is 216 Å². The van der Waals surface area contributed by atoms with Gasteiger partial charge in [0.2, 0.25) is 0 Å². The van der Waals surface area contributed by atoms with Crippen molar-refractivity contribution in [1.82, 2.24) is 9.97 Å². The summed E-state index contributed by atoms with van der Waals surface area (Å²) >= 11 is 0. The van der Waals surface area contributed by atoms with E-state index >= 15 is 0 Å². The van der Waals surface area contributed by atoms with Crippen LogP contribution in [0.25, 0.3) is 44.6 Å². The molecule has 2 heterocycles. The second kappa shape index (κ2) is 14.0. The van der Waals surface area contributed by atoms with Crippen molar-refractivity contribution < 1.29 is 8.78 Å². The lowest BCUT2D eigenvalue weighted by Gasteiger charge is -2.17. The molecule has 0 unspecified atom stereocenters. The smallest absolute Gasteiger partial charge is 0.123 e. The zero-order chi connectivity index (χ0) is 39.7. The van der Waals surface area contributed by atoms with Gasteiger partial charge in [-0.05, 0) is 59.7 Å². The molecule has 2 aromatic heterocycles. The third kappa shape index (κ3) is 5.32. The van der Waals surface area contributed by atoms with Gasteiger partial charge in [0.05, 0.1) is 55.9 Å². The van der Waals surface area contributed by atoms with Crippen LogP contribution in [-0.2, 0) is 0 Å². The molecule has 0 saturated carbocycles. The fourth-order valence-electron chi connectivity index (χ4n) is 6.96. The van der Waals surface area contributed by atoms with E-state index in [1.807, 2.05) is 12.1 Å². The van der Waals surface area contributed by atoms with E-state index in [2.05, 4.69) is 46.4 Å². The first kappa shape index (κ1) is 35.1. The molecule has 0 saturated heterocycles. The van der Waals surface area contributed by atoms with Crippen molar-refractivity contribution in [2.24, 2.45) is 0 Å². The molecule has 0 N–H and O–H groups in total. The highest BCUT2D eigenvalue weighted by Crippen LogP contribution is 2.59. The van der Waals surface area contributed by atoms with Crippen LogP contribution in [0.3, 0.4) is 0 Å². The van der Waals surface area contributed by atoms with Crippen LogP contribution in [0, 0.1) is 102 Å². The van der Waals surface area contributed by atoms with Crippen LogP contribution in [0.4, 0.5) is 8.78 Å². The Bertz CT molecular complexity index is 2860. The molecule has 0 atom stereocenters. The molecular formula is C44H14F2N10. The summed E-state index contributed by atoms with van der Waals surface area (Å²) in [7, 11) is 0. The van der Waals surface area contributed by atoms with Crippen LogP contribution in [0.5, 0.6) is 0 Å². The van der Waals surface area contributed by atoms with E-state index in [9.17, 15) is 50.9 Å². The molecule has 0 radical (unpaired) electrons. The Labute approximate surface area is 317 Å². The number of pyridine rings is 2. The quantitative estimate of drug-likeness (QED) is 0.163. The van der Waals surface area contributed by atoms with Gasteiger partial charge < -0.3 is 0 Å². The molecular weight excluding hydrogens is 707 g/mol. The third-order valence-corrected chi connectivity index (χ3v) is 9.23. The summed E-state index contributed by atoms with van der Waals surface area (Å²) in [6, 6.07) is 32.3. The number of fused-ring (bicyclic) bond motifs is 2. The van der Waals surface area contributed by atoms with Crippen molar-refractivity contribution in [1.29, 1.82) is 42.1 Å². The normalized spacial score (nSPS) is 14.0. The minimum Gasteiger partial charge on any atom is -0.254 e. The van der Waals surface area contributed by atoms with Crippen LogP contribution in [-0.4, -0.2) is 9.97 Å². The number of hydrogen-bond acceptors (Lipinski definition) is 10. The summed E-state index contributed by atoms with van der Waals surface area (Å²) < 4.78 is 28.6. The van der Waals surface area contributed by atoms with Crippen molar-refractivity contribution in [3.8, 4) is 48.6 Å². The Morgan fingerprint density at radius 3 is 1.07 bits per heavy atom. The van der Waals surface area contributed by atoms with Gasteiger partial charge in [0.25, 0.3) is 0 Å². The molecule has 2 aliphatic carbocycles. The minimum absolute atomic E-state index is 0.0222. The summed E-state index contributed by atoms with van der Waals surface area (Å²) in [6.45, 7) is 0. The number of allylic oxidation sites excluding steroid dienone is 8. The lowest BCUT2D eigenvalue weighted by atomic mass is 9.82. The Morgan fingerprint density at radius 1 is 0.429 bits per heavy atom. The molecule has 0 fully saturated rings. The van der Waals surface area contributed by atoms with Crippen molar-refractivity contribution in [3.05, 3.63) is 164 Å². The number of halogens is 2. The Hall–Kier alpha value is -9.30. The molecule has 0 amide bonds. The summed E-state index contributed by atoms with van der Waals surface area (Å²) in [4.78, 5) is 8.61. The standard InChI is InChI=1S/C44H14F2N10/c45-27-7-3-25(4-8-27)37-31(17-51)39-34(20-54)44-40(33(19-53)43(39)41(37)29(15-49)35-11-1-23(13-47)21-55-35)32(18-52)38(26-5-9-28(46)10-6-26)42(44)30(16-50)36-12-2-24(14-48)22-56-36/h1-12,21-22H/b41-29+,42-30+. The molecule has 7 rings (SSSR count). The maximum absolute atomic E-state index is 14.3. The van der Waals surface area contributed by atoms with Crippen LogP contribution in [0.1, 0.15) is 67.0 Å². The van der Waals surface area contributed by atoms with E-state index in [-0.39, 0.29) is 112 Å². The largest absolute Gasteiger partial charge is 0.254 e. The predicted octanol–water partition coefficient (Wildman–Crippen LogP) is 8.01. The number of benzene rings is 3. The SMILES string of the molecule is N#CC1=C(c2ccc(F)cc2)/C(=C(/C#N)c2ccc(C#N)cn2)c2c(C#N)c3c(c(C#N)c21)/C(=C(\C#N)c1ccc(C#N)cn1)C(c1ccc(F)cc1)=C3C#N. The zero-order valence-corrected chi connectivity index (χ0v) is 28.3. The van der Waals surface area contributed by atoms with E-state index in [1.165, 1.54) is 60.9 Å². The first-order valence-electron chi connectivity index (χ1n) is 16.2. The maximum Gasteiger partial charge on any atom is 0.123 e. The fraction of sp³-hybridized carbons (Fsp3) is 0. The van der Waals surface area contributed by atoms with Crippen LogP contribution in [0.2, 0.25) is 0 Å². The summed E-state index contributed by atoms with van der Waals surface area (Å²) in [5.41, 5.74) is -0.529. The van der Waals surface area contributed by atoms with Gasteiger partial charge in [0, 0.05) is 56.9 Å². The van der Waals surface area contributed by atoms with Crippen molar-refractivity contribution in [2.75, 3.05) is 0 Å². The molecule has 0 bridgehead atoms. The number of rotatable bonds is 4. The van der Waals surface area contributed by atoms with E-state index < -0.39 is 11.6 Å². The second-order valence-corrected chi connectivity index (χ2v) is 12.0. The minimum atomic E-state index is -0.607. The molecule has 12 heteroatoms. The van der Waals surface area contributed by atoms with E-state index in [0.717, 1.165) is 24.3 Å². The predicted molar refractivity (Wildman–Crippen MR) is 196 cm³/mol. The average Bonchev–Trinajstić information content (AvgIpc) is 3.75. The van der Waals surface area contributed by atoms with Crippen molar-refractivity contribution in [2.45, 2.75) is 0 Å². The Morgan fingerprint density at radius 2 is 0.804 bits per heavy atom. The monoisotopic (exact) mass is 720 g/mol.